The number of nitrogens with two attached hydrogens (primary N) is 1. The second kappa shape index (κ2) is 3.85. The molecule has 0 saturated heterocycles. The van der Waals surface area contributed by atoms with Crippen molar-refractivity contribution in [1.29, 1.82) is 0 Å². The van der Waals surface area contributed by atoms with E-state index in [2.05, 4.69) is 0 Å². The molecular weight excluding hydrogens is 158 g/mol. The first-order valence-corrected chi connectivity index (χ1v) is 3.48. The lowest BCUT2D eigenvalue weighted by molar-refractivity contribution is -0.621. The third-order valence-corrected chi connectivity index (χ3v) is 1.56. The van der Waals surface area contributed by atoms with Gasteiger partial charge in [0.1, 0.15) is 0 Å². The van der Waals surface area contributed by atoms with Gasteiger partial charge in [0.2, 0.25) is 6.04 Å². The molecule has 0 heterocycles. The maximum Gasteiger partial charge on any atom is 0.367 e. The van der Waals surface area contributed by atoms with Crippen molar-refractivity contribution in [3.05, 3.63) is 41.1 Å². The Morgan fingerprint density at radius 3 is 2.42 bits per heavy atom. The maximum absolute atomic E-state index is 10.5. The van der Waals surface area contributed by atoms with Crippen molar-refractivity contribution in [2.75, 3.05) is 0 Å². The fourth-order valence-electron chi connectivity index (χ4n) is 0.940. The molecule has 0 aliphatic rings. The highest BCUT2D eigenvalue weighted by atomic mass is 16.5. The maximum atomic E-state index is 10.5. The average Bonchev–Trinajstić information content (AvgIpc) is 2.07. The van der Waals surface area contributed by atoms with Crippen LogP contribution in [0.4, 0.5) is 0 Å². The van der Waals surface area contributed by atoms with E-state index in [-0.39, 0.29) is 0 Å². The van der Waals surface area contributed by atoms with Crippen LogP contribution < -0.4 is 5.48 Å². The van der Waals surface area contributed by atoms with Crippen LogP contribution in [0.1, 0.15) is 11.6 Å². The summed E-state index contributed by atoms with van der Waals surface area (Å²) in [6, 6.07) is 7.38. The Balaban J connectivity index is 2.88. The summed E-state index contributed by atoms with van der Waals surface area (Å²) in [6.07, 6.45) is 0. The Labute approximate surface area is 69.4 Å². The van der Waals surface area contributed by atoms with E-state index in [1.54, 1.807) is 30.3 Å². The van der Waals surface area contributed by atoms with Gasteiger partial charge >= 0.3 is 5.97 Å². The highest BCUT2D eigenvalue weighted by molar-refractivity contribution is 5.73. The summed E-state index contributed by atoms with van der Waals surface area (Å²) in [5, 5.41) is 19.0. The predicted molar refractivity (Wildman–Crippen MR) is 42.1 cm³/mol. The van der Waals surface area contributed by atoms with Crippen LogP contribution in [0.2, 0.25) is 0 Å². The molecule has 12 heavy (non-hydrogen) atoms. The largest absolute Gasteiger partial charge is 0.635 e. The second-order valence-electron chi connectivity index (χ2n) is 2.36. The van der Waals surface area contributed by atoms with E-state index in [9.17, 15) is 10.0 Å². The minimum absolute atomic E-state index is 0.428. The first-order chi connectivity index (χ1) is 5.75. The van der Waals surface area contributed by atoms with Crippen LogP contribution in [-0.2, 0) is 4.79 Å². The van der Waals surface area contributed by atoms with Crippen molar-refractivity contribution < 1.29 is 15.4 Å². The van der Waals surface area contributed by atoms with Gasteiger partial charge in [0.15, 0.2) is 0 Å². The fraction of sp³-hybridized carbons (Fsp3) is 0.125. The highest BCUT2D eigenvalue weighted by Crippen LogP contribution is 2.07. The Bertz CT molecular complexity index is 260. The van der Waals surface area contributed by atoms with E-state index in [4.69, 9.17) is 5.11 Å². The average molecular weight is 167 g/mol. The van der Waals surface area contributed by atoms with Crippen molar-refractivity contribution in [3.8, 4) is 0 Å². The van der Waals surface area contributed by atoms with Gasteiger partial charge in [-0.05, 0) is 0 Å². The molecule has 64 valence electrons. The summed E-state index contributed by atoms with van der Waals surface area (Å²) in [5.74, 6) is -1.11. The molecule has 1 aromatic carbocycles. The standard InChI is InChI=1S/C8H9NO3/c10-8(11)7(9-12)6-4-2-1-3-5-6/h1-5,7H,9H2,(H,10,11). The van der Waals surface area contributed by atoms with E-state index in [1.165, 1.54) is 0 Å². The fourth-order valence-corrected chi connectivity index (χ4v) is 0.940. The van der Waals surface area contributed by atoms with Gasteiger partial charge in [-0.2, -0.15) is 0 Å². The number of hydrogen-bond acceptors (Lipinski definition) is 2. The van der Waals surface area contributed by atoms with Gasteiger partial charge in [-0.1, -0.05) is 30.3 Å². The third-order valence-electron chi connectivity index (χ3n) is 1.56. The molecule has 4 nitrogen and oxygen atoms in total. The lowest BCUT2D eigenvalue weighted by Crippen LogP contribution is -2.80. The molecule has 0 radical (unpaired) electrons. The lowest BCUT2D eigenvalue weighted by atomic mass is 10.1. The molecule has 3 N–H and O–H groups in total. The Kier molecular flexibility index (Phi) is 2.79. The molecule has 0 saturated carbocycles. The van der Waals surface area contributed by atoms with Gasteiger partial charge in [-0.3, -0.25) is 0 Å². The Morgan fingerprint density at radius 1 is 1.42 bits per heavy atom. The number of aliphatic carboxylic acids is 1. The van der Waals surface area contributed by atoms with E-state index >= 15 is 0 Å². The van der Waals surface area contributed by atoms with Gasteiger partial charge in [0.05, 0.1) is 0 Å². The van der Waals surface area contributed by atoms with E-state index < -0.39 is 12.0 Å². The summed E-state index contributed by atoms with van der Waals surface area (Å²) >= 11 is 0. The van der Waals surface area contributed by atoms with Gasteiger partial charge in [0.25, 0.3) is 0 Å². The summed E-state index contributed by atoms with van der Waals surface area (Å²) in [7, 11) is 0. The molecule has 0 spiro atoms. The Morgan fingerprint density at radius 2 is 2.00 bits per heavy atom. The van der Waals surface area contributed by atoms with Gasteiger partial charge in [0, 0.05) is 5.56 Å². The van der Waals surface area contributed by atoms with E-state index in [1.807, 2.05) is 0 Å². The molecule has 1 unspecified atom stereocenters. The summed E-state index contributed by atoms with van der Waals surface area (Å²) in [5.41, 5.74) is 0.942. The zero-order valence-corrected chi connectivity index (χ0v) is 6.31. The zero-order valence-electron chi connectivity index (χ0n) is 6.31. The Hall–Kier alpha value is -1.39. The quantitative estimate of drug-likeness (QED) is 0.616. The van der Waals surface area contributed by atoms with Crippen molar-refractivity contribution >= 4 is 5.97 Å². The molecule has 0 bridgehead atoms. The van der Waals surface area contributed by atoms with Gasteiger partial charge in [-0.15, -0.1) is 0 Å². The first-order valence-electron chi connectivity index (χ1n) is 3.48. The number of quaternary nitrogens is 1. The number of carboxylic acids is 1. The highest BCUT2D eigenvalue weighted by Gasteiger charge is 2.18. The van der Waals surface area contributed by atoms with Crippen LogP contribution in [0.15, 0.2) is 30.3 Å². The molecular formula is C8H9NO3. The normalized spacial score (nSPS) is 12.4. The minimum atomic E-state index is -1.11. The number of hydroxylamine groups is 1. The molecule has 1 atom stereocenters. The van der Waals surface area contributed by atoms with Crippen molar-refractivity contribution in [2.24, 2.45) is 0 Å². The molecule has 0 aliphatic carbocycles. The number of carbonyl (C=O) groups is 1. The molecule has 0 aliphatic heterocycles. The van der Waals surface area contributed by atoms with Crippen molar-refractivity contribution in [2.45, 2.75) is 6.04 Å². The second-order valence-corrected chi connectivity index (χ2v) is 2.36. The third kappa shape index (κ3) is 1.81. The van der Waals surface area contributed by atoms with Crippen LogP contribution in [0.5, 0.6) is 0 Å². The SMILES string of the molecule is O=C(O)C([NH2+][O-])c1ccccc1. The lowest BCUT2D eigenvalue weighted by Gasteiger charge is -2.12. The van der Waals surface area contributed by atoms with Crippen LogP contribution in [0, 0.1) is 5.21 Å². The predicted octanol–water partition coefficient (Wildman–Crippen LogP) is -0.126. The van der Waals surface area contributed by atoms with Gasteiger partial charge < -0.3 is 15.8 Å². The number of carboxylic acid groups (broad SMARTS) is 1. The smallest absolute Gasteiger partial charge is 0.367 e. The van der Waals surface area contributed by atoms with Crippen LogP contribution in [0.25, 0.3) is 0 Å². The van der Waals surface area contributed by atoms with Crippen LogP contribution >= 0.6 is 0 Å². The summed E-state index contributed by atoms with van der Waals surface area (Å²) in [4.78, 5) is 10.5. The number of benzene rings is 1. The molecule has 0 aromatic heterocycles. The number of rotatable bonds is 3. The van der Waals surface area contributed by atoms with Crippen molar-refractivity contribution in [3.63, 3.8) is 0 Å². The monoisotopic (exact) mass is 167 g/mol. The first kappa shape index (κ1) is 8.70. The zero-order chi connectivity index (χ0) is 8.97. The van der Waals surface area contributed by atoms with Crippen LogP contribution in [0.3, 0.4) is 0 Å². The molecule has 0 amide bonds. The molecule has 0 fully saturated rings. The number of hydrogen-bond donors (Lipinski definition) is 2. The minimum Gasteiger partial charge on any atom is -0.635 e. The molecule has 1 rings (SSSR count). The van der Waals surface area contributed by atoms with Crippen LogP contribution in [-0.4, -0.2) is 11.1 Å². The van der Waals surface area contributed by atoms with Crippen molar-refractivity contribution in [1.82, 2.24) is 0 Å². The topological polar surface area (TPSA) is 77.0 Å². The summed E-state index contributed by atoms with van der Waals surface area (Å²) in [6.45, 7) is 0. The van der Waals surface area contributed by atoms with E-state index in [0.29, 0.717) is 11.0 Å². The van der Waals surface area contributed by atoms with E-state index in [0.717, 1.165) is 0 Å². The summed E-state index contributed by atoms with van der Waals surface area (Å²) < 4.78 is 0. The molecule has 4 heteroatoms. The molecule has 1 aromatic rings. The van der Waals surface area contributed by atoms with Gasteiger partial charge in [-0.25, -0.2) is 4.79 Å².